The van der Waals surface area contributed by atoms with Gasteiger partial charge in [0.05, 0.1) is 7.11 Å². The molecule has 1 aromatic heterocycles. The summed E-state index contributed by atoms with van der Waals surface area (Å²) in [6.07, 6.45) is 2.36. The Kier molecular flexibility index (Phi) is 5.55. The molecule has 1 N–H and O–H groups in total. The van der Waals surface area contributed by atoms with Crippen molar-refractivity contribution >= 4 is 38.4 Å². The molecule has 2 aromatic carbocycles. The molecule has 8 nitrogen and oxygen atoms in total. The molecule has 1 amide bonds. The molecule has 1 fully saturated rings. The minimum absolute atomic E-state index is 0.0414. The molecular formula is C22H23N3O5S. The molecule has 0 radical (unpaired) electrons. The molecule has 1 aliphatic heterocycles. The first-order valence-electron chi connectivity index (χ1n) is 9.88. The van der Waals surface area contributed by atoms with Crippen LogP contribution in [0.15, 0.2) is 59.6 Å². The van der Waals surface area contributed by atoms with E-state index < -0.39 is 22.0 Å². The van der Waals surface area contributed by atoms with Crippen molar-refractivity contribution in [3.8, 4) is 0 Å². The number of benzene rings is 2. The summed E-state index contributed by atoms with van der Waals surface area (Å²) < 4.78 is 33.9. The lowest BCUT2D eigenvalue weighted by Crippen LogP contribution is -2.43. The number of hydrogen-bond acceptors (Lipinski definition) is 5. The molecule has 0 aliphatic carbocycles. The van der Waals surface area contributed by atoms with Gasteiger partial charge in [0.2, 0.25) is 15.9 Å². The van der Waals surface area contributed by atoms with Crippen molar-refractivity contribution in [1.29, 1.82) is 0 Å². The molecule has 31 heavy (non-hydrogen) atoms. The van der Waals surface area contributed by atoms with E-state index in [1.165, 1.54) is 28.2 Å². The fourth-order valence-electron chi connectivity index (χ4n) is 3.96. The Hall–Kier alpha value is -3.17. The highest BCUT2D eigenvalue weighted by atomic mass is 32.2. The maximum Gasteiger partial charge on any atom is 0.354 e. The van der Waals surface area contributed by atoms with Gasteiger partial charge in [0.1, 0.15) is 16.6 Å². The molecule has 0 spiro atoms. The zero-order valence-electron chi connectivity index (χ0n) is 17.2. The zero-order chi connectivity index (χ0) is 22.2. The van der Waals surface area contributed by atoms with E-state index >= 15 is 0 Å². The smallest absolute Gasteiger partial charge is 0.354 e. The van der Waals surface area contributed by atoms with Gasteiger partial charge >= 0.3 is 5.97 Å². The maximum absolute atomic E-state index is 13.3. The first kappa shape index (κ1) is 21.1. The van der Waals surface area contributed by atoms with Gasteiger partial charge in [-0.1, -0.05) is 36.4 Å². The van der Waals surface area contributed by atoms with Gasteiger partial charge in [-0.15, -0.1) is 0 Å². The average Bonchev–Trinajstić information content (AvgIpc) is 3.41. The van der Waals surface area contributed by atoms with Crippen LogP contribution >= 0.6 is 0 Å². The number of nitrogens with zero attached hydrogens (tertiary/aromatic N) is 2. The fraction of sp³-hybridized carbons (Fsp3) is 0.273. The predicted molar refractivity (Wildman–Crippen MR) is 116 cm³/mol. The Balaban J connectivity index is 1.61. The summed E-state index contributed by atoms with van der Waals surface area (Å²) in [6, 6.07) is 13.7. The largest absolute Gasteiger partial charge is 0.464 e. The Morgan fingerprint density at radius 2 is 1.87 bits per heavy atom. The van der Waals surface area contributed by atoms with Gasteiger partial charge in [-0.3, -0.25) is 4.79 Å². The summed E-state index contributed by atoms with van der Waals surface area (Å²) in [4.78, 5) is 24.9. The second-order valence-electron chi connectivity index (χ2n) is 7.45. The minimum Gasteiger partial charge on any atom is -0.464 e. The summed E-state index contributed by atoms with van der Waals surface area (Å²) in [7, 11) is -1.16. The van der Waals surface area contributed by atoms with E-state index in [4.69, 9.17) is 4.74 Å². The standard InChI is InChI=1S/C22H23N3O5S/c1-24-14-16(13-20(24)22(27)30-2)31(28,29)25-12-6-11-19(25)21(26)23-18-10-5-8-15-7-3-4-9-17(15)18/h3-5,7-10,13-14,19H,6,11-12H2,1-2H3,(H,23,26)/t19-/m0/s1. The molecule has 1 aliphatic rings. The van der Waals surface area contributed by atoms with Gasteiger partial charge in [0.15, 0.2) is 0 Å². The number of esters is 1. The van der Waals surface area contributed by atoms with Gasteiger partial charge < -0.3 is 14.6 Å². The second kappa shape index (κ2) is 8.16. The predicted octanol–water partition coefficient (Wildman–Crippen LogP) is 2.76. The molecule has 9 heteroatoms. The van der Waals surface area contributed by atoms with E-state index in [9.17, 15) is 18.0 Å². The number of methoxy groups -OCH3 is 1. The molecule has 1 atom stereocenters. The molecule has 4 rings (SSSR count). The lowest BCUT2D eigenvalue weighted by molar-refractivity contribution is -0.119. The monoisotopic (exact) mass is 441 g/mol. The number of rotatable bonds is 5. The third-order valence-corrected chi connectivity index (χ3v) is 7.41. The van der Waals surface area contributed by atoms with Crippen LogP contribution in [0.1, 0.15) is 23.3 Å². The number of nitrogens with one attached hydrogen (secondary N) is 1. The van der Waals surface area contributed by atoms with Crippen molar-refractivity contribution in [3.05, 3.63) is 60.4 Å². The van der Waals surface area contributed by atoms with Crippen LogP contribution in [-0.4, -0.2) is 48.9 Å². The number of anilines is 1. The molecule has 2 heterocycles. The number of sulfonamides is 1. The van der Waals surface area contributed by atoms with Gasteiger partial charge in [-0.25, -0.2) is 13.2 Å². The van der Waals surface area contributed by atoms with Gasteiger partial charge in [-0.2, -0.15) is 4.31 Å². The van der Waals surface area contributed by atoms with Gasteiger partial charge in [0.25, 0.3) is 0 Å². The number of carbonyl (C=O) groups is 2. The SMILES string of the molecule is COC(=O)c1cc(S(=O)(=O)N2CCC[C@H]2C(=O)Nc2cccc3ccccc23)cn1C. The number of carbonyl (C=O) groups excluding carboxylic acids is 2. The van der Waals surface area contributed by atoms with Crippen LogP contribution in [0.4, 0.5) is 5.69 Å². The highest BCUT2D eigenvalue weighted by molar-refractivity contribution is 7.89. The molecule has 1 saturated heterocycles. The number of fused-ring (bicyclic) bond motifs is 1. The van der Waals surface area contributed by atoms with Crippen LogP contribution < -0.4 is 5.32 Å². The van der Waals surface area contributed by atoms with Crippen LogP contribution in [0.3, 0.4) is 0 Å². The second-order valence-corrected chi connectivity index (χ2v) is 9.34. The topological polar surface area (TPSA) is 97.7 Å². The normalized spacial score (nSPS) is 17.0. The van der Waals surface area contributed by atoms with Crippen molar-refractivity contribution in [3.63, 3.8) is 0 Å². The number of ether oxygens (including phenoxy) is 1. The van der Waals surface area contributed by atoms with Crippen molar-refractivity contribution in [2.24, 2.45) is 7.05 Å². The van der Waals surface area contributed by atoms with E-state index in [0.29, 0.717) is 18.5 Å². The first-order valence-corrected chi connectivity index (χ1v) is 11.3. The number of hydrogen-bond donors (Lipinski definition) is 1. The quantitative estimate of drug-likeness (QED) is 0.614. The fourth-order valence-corrected chi connectivity index (χ4v) is 5.69. The third kappa shape index (κ3) is 3.82. The van der Waals surface area contributed by atoms with Crippen molar-refractivity contribution in [2.75, 3.05) is 19.0 Å². The molecular weight excluding hydrogens is 418 g/mol. The lowest BCUT2D eigenvalue weighted by Gasteiger charge is -2.23. The molecule has 3 aromatic rings. The molecule has 0 unspecified atom stereocenters. The summed E-state index contributed by atoms with van der Waals surface area (Å²) in [5.41, 5.74) is 0.761. The minimum atomic E-state index is -3.97. The van der Waals surface area contributed by atoms with Crippen LogP contribution in [-0.2, 0) is 26.6 Å². The van der Waals surface area contributed by atoms with Gasteiger partial charge in [-0.05, 0) is 30.4 Å². The van der Waals surface area contributed by atoms with Crippen LogP contribution in [0, 0.1) is 0 Å². The molecule has 0 saturated carbocycles. The summed E-state index contributed by atoms with van der Waals surface area (Å²) >= 11 is 0. The number of aromatic nitrogens is 1. The van der Waals surface area contributed by atoms with Crippen molar-refractivity contribution in [1.82, 2.24) is 8.87 Å². The van der Waals surface area contributed by atoms with Crippen molar-refractivity contribution < 1.29 is 22.7 Å². The Labute approximate surface area is 180 Å². The maximum atomic E-state index is 13.3. The lowest BCUT2D eigenvalue weighted by atomic mass is 10.1. The van der Waals surface area contributed by atoms with Crippen LogP contribution in [0.25, 0.3) is 10.8 Å². The highest BCUT2D eigenvalue weighted by Crippen LogP contribution is 2.29. The Bertz CT molecular complexity index is 1260. The number of aryl methyl sites for hydroxylation is 1. The van der Waals surface area contributed by atoms with E-state index in [0.717, 1.165) is 10.8 Å². The molecule has 0 bridgehead atoms. The average molecular weight is 442 g/mol. The van der Waals surface area contributed by atoms with Crippen molar-refractivity contribution in [2.45, 2.75) is 23.8 Å². The summed E-state index contributed by atoms with van der Waals surface area (Å²) in [6.45, 7) is 0.235. The Morgan fingerprint density at radius 3 is 2.65 bits per heavy atom. The van der Waals surface area contributed by atoms with Crippen LogP contribution in [0.2, 0.25) is 0 Å². The van der Waals surface area contributed by atoms with E-state index in [2.05, 4.69) is 5.32 Å². The third-order valence-electron chi connectivity index (χ3n) is 5.53. The van der Waals surface area contributed by atoms with E-state index in [-0.39, 0.29) is 23.0 Å². The Morgan fingerprint density at radius 1 is 1.13 bits per heavy atom. The summed E-state index contributed by atoms with van der Waals surface area (Å²) in [5.74, 6) is -1.00. The van der Waals surface area contributed by atoms with E-state index in [1.54, 1.807) is 13.1 Å². The van der Waals surface area contributed by atoms with E-state index in [1.807, 2.05) is 36.4 Å². The summed E-state index contributed by atoms with van der Waals surface area (Å²) in [5, 5.41) is 4.77. The van der Waals surface area contributed by atoms with Gasteiger partial charge in [0, 0.05) is 30.9 Å². The first-order chi connectivity index (χ1) is 14.8. The molecule has 162 valence electrons. The zero-order valence-corrected chi connectivity index (χ0v) is 18.1. The number of amides is 1. The highest BCUT2D eigenvalue weighted by Gasteiger charge is 2.40. The van der Waals surface area contributed by atoms with Crippen LogP contribution in [0.5, 0.6) is 0 Å².